The average molecular weight is 561 g/mol. The first-order valence-electron chi connectivity index (χ1n) is 11.2. The molecule has 3 rings (SSSR count). The molecule has 10 nitrogen and oxygen atoms in total. The molecule has 0 unspecified atom stereocenters. The molecule has 2 aliphatic heterocycles. The third kappa shape index (κ3) is 10.8. The Balaban J connectivity index is 0.000000426. The van der Waals surface area contributed by atoms with Gasteiger partial charge in [-0.3, -0.25) is 14.7 Å². The number of halogens is 6. The van der Waals surface area contributed by atoms with Gasteiger partial charge in [-0.25, -0.2) is 9.59 Å². The number of carbonyl (C=O) groups excluding carboxylic acids is 1. The predicted octanol–water partition coefficient (Wildman–Crippen LogP) is 2.43. The summed E-state index contributed by atoms with van der Waals surface area (Å²) in [4.78, 5) is 38.8. The molecule has 0 aliphatic carbocycles. The van der Waals surface area contributed by atoms with Crippen molar-refractivity contribution >= 4 is 17.8 Å². The summed E-state index contributed by atoms with van der Waals surface area (Å²) in [5, 5.41) is 14.2. The van der Waals surface area contributed by atoms with Crippen molar-refractivity contribution in [3.05, 3.63) is 30.1 Å². The Hall–Kier alpha value is -2.98. The highest BCUT2D eigenvalue weighted by Crippen LogP contribution is 2.33. The Labute approximate surface area is 214 Å². The molecule has 2 saturated heterocycles. The van der Waals surface area contributed by atoms with E-state index in [1.165, 1.54) is 5.56 Å². The van der Waals surface area contributed by atoms with Crippen molar-refractivity contribution in [1.29, 1.82) is 0 Å². The maximum Gasteiger partial charge on any atom is 0.490 e. The molecule has 2 aliphatic rings. The number of hydrogen-bond donors (Lipinski definition) is 2. The number of aliphatic carboxylic acids is 2. The van der Waals surface area contributed by atoms with Crippen molar-refractivity contribution in [3.8, 4) is 0 Å². The zero-order chi connectivity index (χ0) is 29.1. The fourth-order valence-electron chi connectivity index (χ4n) is 3.99. The van der Waals surface area contributed by atoms with Crippen molar-refractivity contribution in [1.82, 2.24) is 14.8 Å². The third-order valence-corrected chi connectivity index (χ3v) is 5.63. The van der Waals surface area contributed by atoms with Crippen molar-refractivity contribution in [2.45, 2.75) is 44.4 Å². The molecule has 0 bridgehead atoms. The van der Waals surface area contributed by atoms with Crippen molar-refractivity contribution in [2.24, 2.45) is 5.92 Å². The van der Waals surface area contributed by atoms with Gasteiger partial charge in [-0.05, 0) is 31.0 Å². The summed E-state index contributed by atoms with van der Waals surface area (Å²) in [6.45, 7) is 6.17. The molecule has 16 heteroatoms. The topological polar surface area (TPSA) is 130 Å². The highest BCUT2D eigenvalue weighted by Gasteiger charge is 2.45. The molecule has 3 heterocycles. The summed E-state index contributed by atoms with van der Waals surface area (Å²) in [5.41, 5.74) is 1.25. The second-order valence-electron chi connectivity index (χ2n) is 8.17. The predicted molar refractivity (Wildman–Crippen MR) is 118 cm³/mol. The van der Waals surface area contributed by atoms with Crippen LogP contribution in [0, 0.1) is 5.92 Å². The quantitative estimate of drug-likeness (QED) is 0.503. The number of carbonyl (C=O) groups is 3. The molecule has 1 aromatic heterocycles. The Morgan fingerprint density at radius 3 is 2.00 bits per heavy atom. The lowest BCUT2D eigenvalue weighted by Gasteiger charge is -2.41. The second kappa shape index (κ2) is 14.8. The molecular weight excluding hydrogens is 532 g/mol. The largest absolute Gasteiger partial charge is 0.490 e. The first-order chi connectivity index (χ1) is 17.6. The number of carboxylic acid groups (broad SMARTS) is 2. The number of likely N-dealkylation sites (tertiary alicyclic amines) is 2. The van der Waals surface area contributed by atoms with Crippen LogP contribution in [-0.4, -0.2) is 107 Å². The van der Waals surface area contributed by atoms with Gasteiger partial charge in [0.1, 0.15) is 6.61 Å². The number of aromatic nitrogens is 1. The molecule has 38 heavy (non-hydrogen) atoms. The minimum atomic E-state index is -5.08. The summed E-state index contributed by atoms with van der Waals surface area (Å²) < 4.78 is 74.5. The Bertz CT molecular complexity index is 878. The normalized spacial score (nSPS) is 21.4. The summed E-state index contributed by atoms with van der Waals surface area (Å²) in [5.74, 6) is -5.04. The van der Waals surface area contributed by atoms with Gasteiger partial charge >= 0.3 is 24.3 Å². The van der Waals surface area contributed by atoms with Crippen molar-refractivity contribution in [3.63, 3.8) is 0 Å². The van der Waals surface area contributed by atoms with Crippen LogP contribution in [-0.2, 0) is 30.4 Å². The van der Waals surface area contributed by atoms with E-state index in [-0.39, 0.29) is 24.7 Å². The number of pyridine rings is 1. The number of amides is 1. The third-order valence-electron chi connectivity index (χ3n) is 5.63. The van der Waals surface area contributed by atoms with Gasteiger partial charge in [0.15, 0.2) is 0 Å². The summed E-state index contributed by atoms with van der Waals surface area (Å²) >= 11 is 0. The molecule has 1 aromatic rings. The first-order valence-corrected chi connectivity index (χ1v) is 11.2. The Kier molecular flexibility index (Phi) is 12.9. The van der Waals surface area contributed by atoms with Gasteiger partial charge in [0.05, 0.1) is 12.1 Å². The van der Waals surface area contributed by atoms with Crippen LogP contribution in [0.1, 0.15) is 18.9 Å². The van der Waals surface area contributed by atoms with Gasteiger partial charge in [-0.15, -0.1) is 0 Å². The van der Waals surface area contributed by atoms with E-state index in [2.05, 4.69) is 9.88 Å². The van der Waals surface area contributed by atoms with E-state index in [9.17, 15) is 31.1 Å². The lowest BCUT2D eigenvalue weighted by Crippen LogP contribution is -2.54. The number of piperidine rings is 1. The maximum atomic E-state index is 12.5. The molecule has 1 amide bonds. The maximum absolute atomic E-state index is 12.5. The van der Waals surface area contributed by atoms with E-state index in [1.54, 1.807) is 7.11 Å². The van der Waals surface area contributed by atoms with Gasteiger partial charge in [0, 0.05) is 58.2 Å². The average Bonchev–Trinajstić information content (AvgIpc) is 3.25. The van der Waals surface area contributed by atoms with Crippen LogP contribution in [0.5, 0.6) is 0 Å². The summed E-state index contributed by atoms with van der Waals surface area (Å²) in [6, 6.07) is 4.32. The van der Waals surface area contributed by atoms with E-state index < -0.39 is 24.3 Å². The van der Waals surface area contributed by atoms with E-state index in [0.717, 1.165) is 32.6 Å². The number of methoxy groups -OCH3 is 1. The van der Waals surface area contributed by atoms with Crippen LogP contribution in [0.4, 0.5) is 26.3 Å². The van der Waals surface area contributed by atoms with E-state index >= 15 is 0 Å². The molecule has 3 atom stereocenters. The monoisotopic (exact) mass is 561 g/mol. The lowest BCUT2D eigenvalue weighted by molar-refractivity contribution is -0.193. The van der Waals surface area contributed by atoms with Crippen molar-refractivity contribution < 1.29 is 60.4 Å². The fourth-order valence-corrected chi connectivity index (χ4v) is 3.99. The van der Waals surface area contributed by atoms with Crippen LogP contribution >= 0.6 is 0 Å². The molecular formula is C22H29F6N3O7. The molecule has 2 N–H and O–H groups in total. The fraction of sp³-hybridized carbons (Fsp3) is 0.636. The van der Waals surface area contributed by atoms with E-state index in [1.807, 2.05) is 36.4 Å². The summed E-state index contributed by atoms with van der Waals surface area (Å²) in [7, 11) is 1.78. The van der Waals surface area contributed by atoms with Crippen LogP contribution in [0.15, 0.2) is 24.5 Å². The van der Waals surface area contributed by atoms with Crippen molar-refractivity contribution in [2.75, 3.05) is 40.0 Å². The number of alkyl halides is 6. The zero-order valence-corrected chi connectivity index (χ0v) is 20.5. The molecule has 0 aromatic carbocycles. The lowest BCUT2D eigenvalue weighted by atomic mass is 9.89. The molecule has 0 radical (unpaired) electrons. The van der Waals surface area contributed by atoms with Crippen LogP contribution in [0.25, 0.3) is 0 Å². The van der Waals surface area contributed by atoms with Crippen LogP contribution in [0.3, 0.4) is 0 Å². The Morgan fingerprint density at radius 2 is 1.55 bits per heavy atom. The smallest absolute Gasteiger partial charge is 0.475 e. The molecule has 0 saturated carbocycles. The van der Waals surface area contributed by atoms with E-state index in [0.29, 0.717) is 12.5 Å². The molecule has 2 fully saturated rings. The summed E-state index contributed by atoms with van der Waals surface area (Å²) in [6.07, 6.45) is -5.38. The van der Waals surface area contributed by atoms with Gasteiger partial charge < -0.3 is 24.6 Å². The first kappa shape index (κ1) is 33.0. The highest BCUT2D eigenvalue weighted by molar-refractivity contribution is 5.78. The van der Waals surface area contributed by atoms with Crippen LogP contribution in [0.2, 0.25) is 0 Å². The van der Waals surface area contributed by atoms with Gasteiger partial charge in [-0.1, -0.05) is 0 Å². The SMILES string of the molecule is CCOCC(=O)N1CC[C@H](OC)[C@H]2CN(Cc3ccncc3)C[C@H]21.O=C(O)C(F)(F)F.O=C(O)C(F)(F)F. The van der Waals surface area contributed by atoms with E-state index in [4.69, 9.17) is 29.3 Å². The number of hydrogen-bond acceptors (Lipinski definition) is 7. The molecule has 216 valence electrons. The standard InChI is InChI=1S/C18H27N3O3.2C2HF3O2/c1-3-24-13-18(22)21-9-6-17(23-2)15-11-20(12-16(15)21)10-14-4-7-19-8-5-14;2*3-2(4,5)1(6)7/h4-5,7-8,15-17H,3,6,9-13H2,1-2H3;2*(H,6,7)/t15-,16+,17-;;/m0../s1. The highest BCUT2D eigenvalue weighted by atomic mass is 19.4. The second-order valence-corrected chi connectivity index (χ2v) is 8.17. The Morgan fingerprint density at radius 1 is 1.03 bits per heavy atom. The van der Waals surface area contributed by atoms with Gasteiger partial charge in [0.2, 0.25) is 5.91 Å². The number of ether oxygens (including phenoxy) is 2. The number of nitrogens with zero attached hydrogens (tertiary/aromatic N) is 3. The molecule has 0 spiro atoms. The van der Waals surface area contributed by atoms with Gasteiger partial charge in [-0.2, -0.15) is 26.3 Å². The number of fused-ring (bicyclic) bond motifs is 1. The van der Waals surface area contributed by atoms with Gasteiger partial charge in [0.25, 0.3) is 0 Å². The minimum Gasteiger partial charge on any atom is -0.475 e. The van der Waals surface area contributed by atoms with Crippen LogP contribution < -0.4 is 0 Å². The zero-order valence-electron chi connectivity index (χ0n) is 20.5. The number of rotatable bonds is 6. The number of carboxylic acids is 2. The minimum absolute atomic E-state index is 0.104.